The number of imide groups is 1. The lowest BCUT2D eigenvalue weighted by molar-refractivity contribution is -0.119. The minimum absolute atomic E-state index is 0.328. The Bertz CT molecular complexity index is 465. The molecule has 0 bridgehead atoms. The molecular weight excluding hydrogens is 298 g/mol. The van der Waals surface area contributed by atoms with Gasteiger partial charge in [-0.2, -0.15) is 0 Å². The molecule has 0 aliphatic heterocycles. The lowest BCUT2D eigenvalue weighted by atomic mass is 10.3. The smallest absolute Gasteiger partial charge is 0.321 e. The van der Waals surface area contributed by atoms with Crippen molar-refractivity contribution in [3.05, 3.63) is 0 Å². The number of urea groups is 1. The van der Waals surface area contributed by atoms with Gasteiger partial charge in [0.1, 0.15) is 0 Å². The second-order valence-electron chi connectivity index (χ2n) is 4.16. The fraction of sp³-hybridized carbons (Fsp3) is 0.636. The Morgan fingerprint density at radius 1 is 1.35 bits per heavy atom. The third kappa shape index (κ3) is 5.33. The Hall–Kier alpha value is -1.35. The molecule has 9 heteroatoms. The first-order chi connectivity index (χ1) is 9.46. The number of carbonyl (C=O) groups is 2. The van der Waals surface area contributed by atoms with Crippen LogP contribution in [0, 0.1) is 0 Å². The Morgan fingerprint density at radius 3 is 2.65 bits per heavy atom. The molecule has 112 valence electrons. The molecule has 20 heavy (non-hydrogen) atoms. The minimum Gasteiger partial charge on any atom is -0.358 e. The van der Waals surface area contributed by atoms with Crippen LogP contribution in [0.2, 0.25) is 0 Å². The van der Waals surface area contributed by atoms with Gasteiger partial charge in [-0.15, -0.1) is 10.2 Å². The van der Waals surface area contributed by atoms with Gasteiger partial charge in [-0.05, 0) is 20.3 Å². The van der Waals surface area contributed by atoms with Crippen LogP contribution >= 0.6 is 23.1 Å². The molecule has 3 N–H and O–H groups in total. The van der Waals surface area contributed by atoms with Crippen molar-refractivity contribution in [3.63, 3.8) is 0 Å². The van der Waals surface area contributed by atoms with E-state index in [4.69, 9.17) is 0 Å². The van der Waals surface area contributed by atoms with E-state index in [0.29, 0.717) is 10.4 Å². The van der Waals surface area contributed by atoms with Gasteiger partial charge in [0, 0.05) is 13.1 Å². The second kappa shape index (κ2) is 8.05. The molecule has 0 aliphatic carbocycles. The zero-order valence-electron chi connectivity index (χ0n) is 11.9. The van der Waals surface area contributed by atoms with Crippen molar-refractivity contribution in [3.8, 4) is 0 Å². The maximum Gasteiger partial charge on any atom is 0.321 e. The van der Waals surface area contributed by atoms with Crippen molar-refractivity contribution >= 4 is 40.2 Å². The van der Waals surface area contributed by atoms with Gasteiger partial charge in [-0.1, -0.05) is 30.0 Å². The zero-order valence-corrected chi connectivity index (χ0v) is 13.5. The summed E-state index contributed by atoms with van der Waals surface area (Å²) >= 11 is 2.67. The highest BCUT2D eigenvalue weighted by atomic mass is 32.2. The third-order valence-corrected chi connectivity index (χ3v) is 4.54. The van der Waals surface area contributed by atoms with E-state index in [1.165, 1.54) is 30.1 Å². The Labute approximate surface area is 126 Å². The van der Waals surface area contributed by atoms with Crippen LogP contribution in [0.4, 0.5) is 9.93 Å². The summed E-state index contributed by atoms with van der Waals surface area (Å²) < 4.78 is 0.690. The van der Waals surface area contributed by atoms with Gasteiger partial charge in [-0.25, -0.2) is 4.79 Å². The molecule has 2 atom stereocenters. The molecule has 0 fully saturated rings. The SMILES string of the molecule is CC[C@H](C)Nc1nnc(S[C@H](C)C(=O)NC(=O)NC)s1. The topological polar surface area (TPSA) is 96.0 Å². The maximum absolute atomic E-state index is 11.7. The zero-order chi connectivity index (χ0) is 15.1. The van der Waals surface area contributed by atoms with E-state index in [1.54, 1.807) is 6.92 Å². The van der Waals surface area contributed by atoms with Crippen LogP contribution in [0.3, 0.4) is 0 Å². The summed E-state index contributed by atoms with van der Waals surface area (Å²) in [7, 11) is 1.46. The first-order valence-electron chi connectivity index (χ1n) is 6.25. The molecule has 1 heterocycles. The van der Waals surface area contributed by atoms with Gasteiger partial charge in [0.2, 0.25) is 11.0 Å². The van der Waals surface area contributed by atoms with Gasteiger partial charge in [0.15, 0.2) is 4.34 Å². The molecule has 1 aromatic rings. The molecule has 0 radical (unpaired) electrons. The number of thioether (sulfide) groups is 1. The van der Waals surface area contributed by atoms with Crippen LogP contribution in [0.25, 0.3) is 0 Å². The lowest BCUT2D eigenvalue weighted by Gasteiger charge is -2.09. The maximum atomic E-state index is 11.7. The summed E-state index contributed by atoms with van der Waals surface area (Å²) in [4.78, 5) is 22.7. The van der Waals surface area contributed by atoms with Crippen molar-refractivity contribution in [1.82, 2.24) is 20.8 Å². The molecule has 1 aromatic heterocycles. The summed E-state index contributed by atoms with van der Waals surface area (Å²) in [5.74, 6) is -0.360. The van der Waals surface area contributed by atoms with E-state index >= 15 is 0 Å². The van der Waals surface area contributed by atoms with E-state index < -0.39 is 11.3 Å². The number of rotatable bonds is 6. The monoisotopic (exact) mass is 317 g/mol. The first-order valence-corrected chi connectivity index (χ1v) is 7.95. The van der Waals surface area contributed by atoms with Crippen LogP contribution in [0.5, 0.6) is 0 Å². The Morgan fingerprint density at radius 2 is 2.05 bits per heavy atom. The van der Waals surface area contributed by atoms with Crippen molar-refractivity contribution in [2.45, 2.75) is 42.8 Å². The molecule has 0 spiro atoms. The quantitative estimate of drug-likeness (QED) is 0.691. The second-order valence-corrected chi connectivity index (χ2v) is 6.72. The highest BCUT2D eigenvalue weighted by molar-refractivity contribution is 8.02. The number of aromatic nitrogens is 2. The van der Waals surface area contributed by atoms with E-state index in [-0.39, 0.29) is 5.91 Å². The van der Waals surface area contributed by atoms with Crippen LogP contribution in [-0.2, 0) is 4.79 Å². The van der Waals surface area contributed by atoms with Crippen molar-refractivity contribution in [2.24, 2.45) is 0 Å². The number of carbonyl (C=O) groups excluding carboxylic acids is 2. The number of amides is 3. The van der Waals surface area contributed by atoms with Crippen LogP contribution in [0.1, 0.15) is 27.2 Å². The molecular formula is C11H19N5O2S2. The Balaban J connectivity index is 2.51. The average Bonchev–Trinajstić information content (AvgIpc) is 2.85. The summed E-state index contributed by atoms with van der Waals surface area (Å²) in [5, 5.41) is 16.1. The predicted octanol–water partition coefficient (Wildman–Crippen LogP) is 1.68. The van der Waals surface area contributed by atoms with Gasteiger partial charge in [0.05, 0.1) is 5.25 Å². The molecule has 0 aromatic carbocycles. The summed E-state index contributed by atoms with van der Waals surface area (Å²) in [5.41, 5.74) is 0. The van der Waals surface area contributed by atoms with Gasteiger partial charge >= 0.3 is 6.03 Å². The standard InChI is InChI=1S/C11H19N5O2S2/c1-5-6(2)13-10-15-16-11(20-10)19-7(3)8(17)14-9(18)12-4/h6-7H,5H2,1-4H3,(H,13,15)(H2,12,14,17,18)/t6-,7+/m0/s1. The van der Waals surface area contributed by atoms with E-state index in [0.717, 1.165) is 11.6 Å². The number of hydrogen-bond acceptors (Lipinski definition) is 7. The normalized spacial score (nSPS) is 13.4. The highest BCUT2D eigenvalue weighted by Gasteiger charge is 2.19. The van der Waals surface area contributed by atoms with Crippen molar-refractivity contribution in [2.75, 3.05) is 12.4 Å². The molecule has 7 nitrogen and oxygen atoms in total. The fourth-order valence-corrected chi connectivity index (χ4v) is 3.12. The van der Waals surface area contributed by atoms with Gasteiger partial charge in [-0.3, -0.25) is 10.1 Å². The van der Waals surface area contributed by atoms with Crippen molar-refractivity contribution < 1.29 is 9.59 Å². The molecule has 1 rings (SSSR count). The fourth-order valence-electron chi connectivity index (χ4n) is 1.11. The van der Waals surface area contributed by atoms with Crippen LogP contribution < -0.4 is 16.0 Å². The predicted molar refractivity (Wildman–Crippen MR) is 81.2 cm³/mol. The number of nitrogens with zero attached hydrogens (tertiary/aromatic N) is 2. The molecule has 0 unspecified atom stereocenters. The number of hydrogen-bond donors (Lipinski definition) is 3. The molecule has 0 saturated heterocycles. The van der Waals surface area contributed by atoms with Gasteiger partial charge < -0.3 is 10.6 Å². The largest absolute Gasteiger partial charge is 0.358 e. The van der Waals surface area contributed by atoms with E-state index in [1.807, 2.05) is 0 Å². The number of nitrogens with one attached hydrogen (secondary N) is 3. The van der Waals surface area contributed by atoms with Crippen LogP contribution in [0.15, 0.2) is 4.34 Å². The van der Waals surface area contributed by atoms with E-state index in [9.17, 15) is 9.59 Å². The van der Waals surface area contributed by atoms with Gasteiger partial charge in [0.25, 0.3) is 0 Å². The summed E-state index contributed by atoms with van der Waals surface area (Å²) in [6.45, 7) is 5.86. The average molecular weight is 317 g/mol. The lowest BCUT2D eigenvalue weighted by Crippen LogP contribution is -2.41. The summed E-state index contributed by atoms with van der Waals surface area (Å²) in [6, 6.07) is -0.186. The van der Waals surface area contributed by atoms with Crippen LogP contribution in [-0.4, -0.2) is 40.5 Å². The van der Waals surface area contributed by atoms with E-state index in [2.05, 4.69) is 40.0 Å². The molecule has 3 amide bonds. The number of anilines is 1. The molecule has 0 aliphatic rings. The summed E-state index contributed by atoms with van der Waals surface area (Å²) in [6.07, 6.45) is 0.993. The Kier molecular flexibility index (Phi) is 6.73. The van der Waals surface area contributed by atoms with Crippen molar-refractivity contribution in [1.29, 1.82) is 0 Å². The highest BCUT2D eigenvalue weighted by Crippen LogP contribution is 2.29. The molecule has 0 saturated carbocycles. The minimum atomic E-state index is -0.515. The first kappa shape index (κ1) is 16.7. The third-order valence-electron chi connectivity index (χ3n) is 2.50.